The van der Waals surface area contributed by atoms with Crippen LogP contribution in [0.3, 0.4) is 0 Å². The molecule has 1 atom stereocenters. The van der Waals surface area contributed by atoms with E-state index in [1.807, 2.05) is 24.3 Å². The van der Waals surface area contributed by atoms with Crippen molar-refractivity contribution in [3.8, 4) is 6.07 Å². The summed E-state index contributed by atoms with van der Waals surface area (Å²) < 4.78 is 1.08. The van der Waals surface area contributed by atoms with Gasteiger partial charge in [0.15, 0.2) is 0 Å². The standard InChI is InChI=1S/C15H14BrN3/c1-11(13-3-2-4-14(16)8-13)19-10-12-5-6-18-15(7-12)9-17/h2-8,11,19H,10H2,1H3. The highest BCUT2D eigenvalue weighted by atomic mass is 79.9. The van der Waals surface area contributed by atoms with E-state index < -0.39 is 0 Å². The zero-order chi connectivity index (χ0) is 13.7. The molecular weight excluding hydrogens is 302 g/mol. The molecule has 0 fully saturated rings. The summed E-state index contributed by atoms with van der Waals surface area (Å²) in [6.45, 7) is 2.83. The molecule has 1 heterocycles. The van der Waals surface area contributed by atoms with E-state index in [-0.39, 0.29) is 6.04 Å². The number of benzene rings is 1. The Hall–Kier alpha value is -1.70. The Morgan fingerprint density at radius 3 is 2.95 bits per heavy atom. The van der Waals surface area contributed by atoms with Gasteiger partial charge >= 0.3 is 0 Å². The van der Waals surface area contributed by atoms with Gasteiger partial charge in [-0.15, -0.1) is 0 Å². The quantitative estimate of drug-likeness (QED) is 0.938. The lowest BCUT2D eigenvalue weighted by Gasteiger charge is -2.14. The fourth-order valence-corrected chi connectivity index (χ4v) is 2.23. The molecule has 2 rings (SSSR count). The van der Waals surface area contributed by atoms with E-state index >= 15 is 0 Å². The van der Waals surface area contributed by atoms with Gasteiger partial charge in [0.1, 0.15) is 11.8 Å². The highest BCUT2D eigenvalue weighted by Gasteiger charge is 2.05. The topological polar surface area (TPSA) is 48.7 Å². The van der Waals surface area contributed by atoms with Gasteiger partial charge in [-0.3, -0.25) is 0 Å². The number of pyridine rings is 1. The Labute approximate surface area is 121 Å². The molecule has 1 aromatic heterocycles. The van der Waals surface area contributed by atoms with Crippen molar-refractivity contribution in [1.82, 2.24) is 10.3 Å². The van der Waals surface area contributed by atoms with Crippen molar-refractivity contribution < 1.29 is 0 Å². The largest absolute Gasteiger partial charge is 0.306 e. The molecule has 1 aromatic carbocycles. The first kappa shape index (κ1) is 13.7. The average Bonchev–Trinajstić information content (AvgIpc) is 2.45. The monoisotopic (exact) mass is 315 g/mol. The van der Waals surface area contributed by atoms with Gasteiger partial charge in [0.05, 0.1) is 0 Å². The van der Waals surface area contributed by atoms with Gasteiger partial charge in [-0.25, -0.2) is 4.98 Å². The highest BCUT2D eigenvalue weighted by molar-refractivity contribution is 9.10. The summed E-state index contributed by atoms with van der Waals surface area (Å²) in [6, 6.07) is 14.3. The fourth-order valence-electron chi connectivity index (χ4n) is 1.81. The van der Waals surface area contributed by atoms with Crippen LogP contribution < -0.4 is 5.32 Å². The molecule has 0 radical (unpaired) electrons. The lowest BCUT2D eigenvalue weighted by Crippen LogP contribution is -2.18. The molecule has 19 heavy (non-hydrogen) atoms. The molecule has 0 spiro atoms. The first-order valence-electron chi connectivity index (χ1n) is 6.03. The number of nitrogens with one attached hydrogen (secondary N) is 1. The average molecular weight is 316 g/mol. The van der Waals surface area contributed by atoms with Gasteiger partial charge in [0.25, 0.3) is 0 Å². The molecule has 3 nitrogen and oxygen atoms in total. The summed E-state index contributed by atoms with van der Waals surface area (Å²) >= 11 is 3.47. The molecule has 96 valence electrons. The zero-order valence-electron chi connectivity index (χ0n) is 10.6. The second-order valence-electron chi connectivity index (χ2n) is 4.32. The summed E-state index contributed by atoms with van der Waals surface area (Å²) in [5.41, 5.74) is 2.74. The van der Waals surface area contributed by atoms with Crippen LogP contribution in [-0.2, 0) is 6.54 Å². The van der Waals surface area contributed by atoms with E-state index in [0.717, 1.165) is 10.0 Å². The van der Waals surface area contributed by atoms with Crippen molar-refractivity contribution in [2.24, 2.45) is 0 Å². The second kappa shape index (κ2) is 6.46. The van der Waals surface area contributed by atoms with Crippen molar-refractivity contribution in [3.05, 3.63) is 63.9 Å². The zero-order valence-corrected chi connectivity index (χ0v) is 12.2. The Morgan fingerprint density at radius 1 is 1.37 bits per heavy atom. The first-order valence-corrected chi connectivity index (χ1v) is 6.82. The maximum atomic E-state index is 8.81. The molecule has 0 bridgehead atoms. The molecular formula is C15H14BrN3. The highest BCUT2D eigenvalue weighted by Crippen LogP contribution is 2.18. The van der Waals surface area contributed by atoms with E-state index in [9.17, 15) is 0 Å². The molecule has 1 unspecified atom stereocenters. The molecule has 0 aliphatic heterocycles. The van der Waals surface area contributed by atoms with Gasteiger partial charge in [0.2, 0.25) is 0 Å². The molecule has 0 saturated carbocycles. The lowest BCUT2D eigenvalue weighted by atomic mass is 10.1. The number of nitrogens with zero attached hydrogens (tertiary/aromatic N) is 2. The van der Waals surface area contributed by atoms with E-state index in [1.54, 1.807) is 12.3 Å². The van der Waals surface area contributed by atoms with Crippen LogP contribution in [0, 0.1) is 11.3 Å². The van der Waals surface area contributed by atoms with Crippen molar-refractivity contribution in [2.75, 3.05) is 0 Å². The summed E-state index contributed by atoms with van der Waals surface area (Å²) in [5, 5.41) is 12.2. The van der Waals surface area contributed by atoms with Gasteiger partial charge in [-0.2, -0.15) is 5.26 Å². The predicted molar refractivity (Wildman–Crippen MR) is 78.3 cm³/mol. The molecule has 0 amide bonds. The maximum absolute atomic E-state index is 8.81. The minimum Gasteiger partial charge on any atom is -0.306 e. The van der Waals surface area contributed by atoms with E-state index in [2.05, 4.69) is 45.3 Å². The van der Waals surface area contributed by atoms with Crippen molar-refractivity contribution in [1.29, 1.82) is 5.26 Å². The number of hydrogen-bond acceptors (Lipinski definition) is 3. The van der Waals surface area contributed by atoms with E-state index in [1.165, 1.54) is 5.56 Å². The third kappa shape index (κ3) is 3.88. The normalized spacial score (nSPS) is 11.8. The van der Waals surface area contributed by atoms with Gasteiger partial charge in [-0.1, -0.05) is 28.1 Å². The van der Waals surface area contributed by atoms with Crippen LogP contribution >= 0.6 is 15.9 Å². The van der Waals surface area contributed by atoms with Gasteiger partial charge in [-0.05, 0) is 42.3 Å². The number of rotatable bonds is 4. The van der Waals surface area contributed by atoms with Crippen LogP contribution in [0.2, 0.25) is 0 Å². The van der Waals surface area contributed by atoms with Crippen LogP contribution in [-0.4, -0.2) is 4.98 Å². The Kier molecular flexibility index (Phi) is 4.67. The molecule has 0 aliphatic rings. The minimum atomic E-state index is 0.246. The van der Waals surface area contributed by atoms with Crippen LogP contribution in [0.5, 0.6) is 0 Å². The lowest BCUT2D eigenvalue weighted by molar-refractivity contribution is 0.574. The van der Waals surface area contributed by atoms with E-state index in [4.69, 9.17) is 5.26 Å². The van der Waals surface area contributed by atoms with Crippen molar-refractivity contribution in [2.45, 2.75) is 19.5 Å². The third-order valence-electron chi connectivity index (χ3n) is 2.90. The third-order valence-corrected chi connectivity index (χ3v) is 3.39. The molecule has 2 aromatic rings. The molecule has 0 aliphatic carbocycles. The Morgan fingerprint density at radius 2 is 2.21 bits per heavy atom. The number of nitriles is 1. The second-order valence-corrected chi connectivity index (χ2v) is 5.23. The molecule has 0 saturated heterocycles. The van der Waals surface area contributed by atoms with Crippen molar-refractivity contribution >= 4 is 15.9 Å². The van der Waals surface area contributed by atoms with Crippen LogP contribution in [0.1, 0.15) is 29.8 Å². The Balaban J connectivity index is 2.00. The maximum Gasteiger partial charge on any atom is 0.140 e. The molecule has 4 heteroatoms. The summed E-state index contributed by atoms with van der Waals surface area (Å²) in [5.74, 6) is 0. The number of hydrogen-bond donors (Lipinski definition) is 1. The van der Waals surface area contributed by atoms with Gasteiger partial charge in [0, 0.05) is 23.3 Å². The van der Waals surface area contributed by atoms with Crippen LogP contribution in [0.15, 0.2) is 47.1 Å². The smallest absolute Gasteiger partial charge is 0.140 e. The van der Waals surface area contributed by atoms with Gasteiger partial charge < -0.3 is 5.32 Å². The predicted octanol–water partition coefficient (Wildman–Crippen LogP) is 3.57. The SMILES string of the molecule is CC(NCc1ccnc(C#N)c1)c1cccc(Br)c1. The molecule has 1 N–H and O–H groups in total. The summed E-state index contributed by atoms with van der Waals surface area (Å²) in [7, 11) is 0. The summed E-state index contributed by atoms with van der Waals surface area (Å²) in [6.07, 6.45) is 1.67. The van der Waals surface area contributed by atoms with E-state index in [0.29, 0.717) is 12.2 Å². The summed E-state index contributed by atoms with van der Waals surface area (Å²) in [4.78, 5) is 3.96. The van der Waals surface area contributed by atoms with Crippen molar-refractivity contribution in [3.63, 3.8) is 0 Å². The minimum absolute atomic E-state index is 0.246. The van der Waals surface area contributed by atoms with Crippen LogP contribution in [0.25, 0.3) is 0 Å². The Bertz CT molecular complexity index is 604. The number of aromatic nitrogens is 1. The fraction of sp³-hybridized carbons (Fsp3) is 0.200. The van der Waals surface area contributed by atoms with Crippen LogP contribution in [0.4, 0.5) is 0 Å². The first-order chi connectivity index (χ1) is 9.19. The number of halogens is 1.